The van der Waals surface area contributed by atoms with E-state index in [0.717, 1.165) is 34.4 Å². The summed E-state index contributed by atoms with van der Waals surface area (Å²) in [5.41, 5.74) is 6.04. The van der Waals surface area contributed by atoms with Crippen LogP contribution < -0.4 is 10.2 Å². The Morgan fingerprint density at radius 2 is 1.75 bits per heavy atom. The van der Waals surface area contributed by atoms with Gasteiger partial charge in [0, 0.05) is 38.7 Å². The minimum Gasteiger partial charge on any atom is -0.507 e. The van der Waals surface area contributed by atoms with Gasteiger partial charge in [0.15, 0.2) is 0 Å². The summed E-state index contributed by atoms with van der Waals surface area (Å²) in [5, 5.41) is 12.2. The zero-order valence-corrected chi connectivity index (χ0v) is 17.5. The Kier molecular flexibility index (Phi) is 5.57. The van der Waals surface area contributed by atoms with Crippen LogP contribution in [0.4, 0.5) is 0 Å². The van der Waals surface area contributed by atoms with Crippen molar-refractivity contribution in [2.75, 3.05) is 26.2 Å². The molecule has 1 unspecified atom stereocenters. The maximum Gasteiger partial charge on any atom is 0.238 e. The molecular weight excluding hydrogens is 358 g/mol. The molecule has 28 heavy (non-hydrogen) atoms. The van der Waals surface area contributed by atoms with E-state index in [1.807, 2.05) is 32.7 Å². The Bertz CT molecular complexity index is 800. The van der Waals surface area contributed by atoms with Gasteiger partial charge in [-0.3, -0.25) is 15.0 Å². The van der Waals surface area contributed by atoms with Gasteiger partial charge in [-0.25, -0.2) is 5.01 Å². The lowest BCUT2D eigenvalue weighted by molar-refractivity contribution is -0.134. The number of phenols is 1. The molecule has 2 aliphatic rings. The third kappa shape index (κ3) is 3.94. The molecule has 2 aliphatic heterocycles. The molecule has 154 valence electrons. The number of carbonyl (C=O) groups excluding carboxylic acids is 2. The molecule has 2 N–H and O–H groups in total. The fourth-order valence-corrected chi connectivity index (χ4v) is 4.11. The van der Waals surface area contributed by atoms with Crippen molar-refractivity contribution in [1.82, 2.24) is 15.3 Å². The molecule has 1 atom stereocenters. The van der Waals surface area contributed by atoms with Gasteiger partial charge in [0.1, 0.15) is 17.1 Å². The van der Waals surface area contributed by atoms with Crippen molar-refractivity contribution in [2.24, 2.45) is 0 Å². The van der Waals surface area contributed by atoms with E-state index < -0.39 is 5.60 Å². The highest BCUT2D eigenvalue weighted by molar-refractivity contribution is 5.77. The summed E-state index contributed by atoms with van der Waals surface area (Å²) < 4.78 is 6.33. The summed E-state index contributed by atoms with van der Waals surface area (Å²) in [6.45, 7) is 11.8. The van der Waals surface area contributed by atoms with Crippen LogP contribution in [0.25, 0.3) is 0 Å². The van der Waals surface area contributed by atoms with Gasteiger partial charge in [-0.05, 0) is 57.2 Å². The van der Waals surface area contributed by atoms with E-state index in [0.29, 0.717) is 38.3 Å². The minimum absolute atomic E-state index is 0.0692. The fourth-order valence-electron chi connectivity index (χ4n) is 4.11. The van der Waals surface area contributed by atoms with Gasteiger partial charge in [-0.15, -0.1) is 0 Å². The molecule has 1 aromatic carbocycles. The summed E-state index contributed by atoms with van der Waals surface area (Å²) in [6.07, 6.45) is 1.75. The normalized spacial score (nSPS) is 22.4. The fraction of sp³-hybridized carbons (Fsp3) is 0.619. The molecule has 0 aromatic heterocycles. The van der Waals surface area contributed by atoms with Gasteiger partial charge in [0.2, 0.25) is 11.8 Å². The molecule has 0 bridgehead atoms. The number of hydrogen-bond donors (Lipinski definition) is 2. The lowest BCUT2D eigenvalue weighted by Crippen LogP contribution is -2.55. The van der Waals surface area contributed by atoms with Crippen molar-refractivity contribution in [1.29, 1.82) is 0 Å². The van der Waals surface area contributed by atoms with E-state index in [2.05, 4.69) is 5.43 Å². The zero-order chi connectivity index (χ0) is 20.6. The Balaban J connectivity index is 1.64. The summed E-state index contributed by atoms with van der Waals surface area (Å²) in [6, 6.07) is 0. The largest absolute Gasteiger partial charge is 0.507 e. The third-order valence-corrected chi connectivity index (χ3v) is 6.13. The number of rotatable bonds is 3. The van der Waals surface area contributed by atoms with Crippen LogP contribution in [0.1, 0.15) is 48.9 Å². The monoisotopic (exact) mass is 389 g/mol. The SMILES string of the molecule is CC(=O)N1CCN(NC(=O)CC2(C)CCc3c(C)c(O)c(C)c(C)c3O2)CC1. The molecular formula is C21H31N3O4. The minimum atomic E-state index is -0.584. The van der Waals surface area contributed by atoms with Crippen LogP contribution in [-0.4, -0.2) is 58.6 Å². The smallest absolute Gasteiger partial charge is 0.238 e. The molecule has 0 aliphatic carbocycles. The van der Waals surface area contributed by atoms with Crippen molar-refractivity contribution >= 4 is 11.8 Å². The van der Waals surface area contributed by atoms with E-state index in [1.54, 1.807) is 11.8 Å². The molecule has 2 amide bonds. The summed E-state index contributed by atoms with van der Waals surface area (Å²) >= 11 is 0. The molecule has 0 spiro atoms. The number of phenolic OH excluding ortho intramolecular Hbond substituents is 1. The number of carbonyl (C=O) groups is 2. The van der Waals surface area contributed by atoms with Gasteiger partial charge in [0.25, 0.3) is 0 Å². The first-order valence-electron chi connectivity index (χ1n) is 9.92. The van der Waals surface area contributed by atoms with E-state index in [1.165, 1.54) is 0 Å². The number of nitrogens with zero attached hydrogens (tertiary/aromatic N) is 2. The van der Waals surface area contributed by atoms with E-state index in [9.17, 15) is 14.7 Å². The van der Waals surface area contributed by atoms with Crippen LogP contribution in [0.2, 0.25) is 0 Å². The van der Waals surface area contributed by atoms with Gasteiger partial charge < -0.3 is 14.7 Å². The summed E-state index contributed by atoms with van der Waals surface area (Å²) in [5.74, 6) is 1.14. The highest BCUT2D eigenvalue weighted by atomic mass is 16.5. The first kappa shape index (κ1) is 20.5. The Hall–Kier alpha value is -2.28. The highest BCUT2D eigenvalue weighted by Crippen LogP contribution is 2.44. The number of benzene rings is 1. The average molecular weight is 389 g/mol. The molecule has 1 saturated heterocycles. The highest BCUT2D eigenvalue weighted by Gasteiger charge is 2.37. The number of piperazine rings is 1. The molecule has 0 saturated carbocycles. The number of hydrazine groups is 1. The number of nitrogens with one attached hydrogen (secondary N) is 1. The second kappa shape index (κ2) is 7.62. The second-order valence-corrected chi connectivity index (χ2v) is 8.29. The maximum absolute atomic E-state index is 12.6. The number of ether oxygens (including phenoxy) is 1. The van der Waals surface area contributed by atoms with Crippen LogP contribution >= 0.6 is 0 Å². The number of fused-ring (bicyclic) bond motifs is 1. The van der Waals surface area contributed by atoms with E-state index >= 15 is 0 Å². The molecule has 0 radical (unpaired) electrons. The van der Waals surface area contributed by atoms with Gasteiger partial charge >= 0.3 is 0 Å². The average Bonchev–Trinajstić information content (AvgIpc) is 2.64. The summed E-state index contributed by atoms with van der Waals surface area (Å²) in [4.78, 5) is 25.8. The zero-order valence-electron chi connectivity index (χ0n) is 17.5. The Morgan fingerprint density at radius 3 is 2.36 bits per heavy atom. The van der Waals surface area contributed by atoms with Crippen LogP contribution in [0, 0.1) is 20.8 Å². The summed E-state index contributed by atoms with van der Waals surface area (Å²) in [7, 11) is 0. The Morgan fingerprint density at radius 1 is 1.11 bits per heavy atom. The molecule has 1 aromatic rings. The van der Waals surface area contributed by atoms with Crippen molar-refractivity contribution in [3.63, 3.8) is 0 Å². The van der Waals surface area contributed by atoms with Crippen LogP contribution in [0.5, 0.6) is 11.5 Å². The van der Waals surface area contributed by atoms with Crippen molar-refractivity contribution < 1.29 is 19.4 Å². The van der Waals surface area contributed by atoms with Crippen molar-refractivity contribution in [2.45, 2.75) is 59.5 Å². The van der Waals surface area contributed by atoms with Gasteiger partial charge in [0.05, 0.1) is 6.42 Å². The van der Waals surface area contributed by atoms with E-state index in [4.69, 9.17) is 4.74 Å². The van der Waals surface area contributed by atoms with E-state index in [-0.39, 0.29) is 18.2 Å². The van der Waals surface area contributed by atoms with Crippen LogP contribution in [0.15, 0.2) is 0 Å². The first-order chi connectivity index (χ1) is 13.1. The molecule has 7 heteroatoms. The lowest BCUT2D eigenvalue weighted by Gasteiger charge is -2.38. The van der Waals surface area contributed by atoms with Gasteiger partial charge in [-0.2, -0.15) is 0 Å². The van der Waals surface area contributed by atoms with Crippen LogP contribution in [0.3, 0.4) is 0 Å². The lowest BCUT2D eigenvalue weighted by atomic mass is 9.85. The maximum atomic E-state index is 12.6. The number of aromatic hydroxyl groups is 1. The van der Waals surface area contributed by atoms with Crippen molar-refractivity contribution in [3.05, 3.63) is 22.3 Å². The number of hydrogen-bond acceptors (Lipinski definition) is 5. The standard InChI is InChI=1S/C21H31N3O4/c1-13-14(2)20-17(15(3)19(13)27)6-7-21(5,28-20)12-18(26)22-24-10-8-23(9-11-24)16(4)25/h27H,6-12H2,1-5H3,(H,22,26). The molecule has 1 fully saturated rings. The Labute approximate surface area is 166 Å². The quantitative estimate of drug-likeness (QED) is 0.826. The molecule has 7 nitrogen and oxygen atoms in total. The van der Waals surface area contributed by atoms with Gasteiger partial charge in [-0.1, -0.05) is 0 Å². The molecule has 3 rings (SSSR count). The first-order valence-corrected chi connectivity index (χ1v) is 9.92. The predicted octanol–water partition coefficient (Wildman–Crippen LogP) is 1.99. The van der Waals surface area contributed by atoms with Crippen LogP contribution in [-0.2, 0) is 16.0 Å². The number of amides is 2. The molecule has 2 heterocycles. The predicted molar refractivity (Wildman–Crippen MR) is 106 cm³/mol. The topological polar surface area (TPSA) is 82.1 Å². The van der Waals surface area contributed by atoms with Crippen molar-refractivity contribution in [3.8, 4) is 11.5 Å². The third-order valence-electron chi connectivity index (χ3n) is 6.13. The second-order valence-electron chi connectivity index (χ2n) is 8.29.